The van der Waals surface area contributed by atoms with Crippen molar-refractivity contribution in [1.29, 1.82) is 0 Å². The highest BCUT2D eigenvalue weighted by Gasteiger charge is 2.18. The summed E-state index contributed by atoms with van der Waals surface area (Å²) in [7, 11) is 0. The monoisotopic (exact) mass is 491 g/mol. The van der Waals surface area contributed by atoms with Crippen LogP contribution >= 0.6 is 23.4 Å². The van der Waals surface area contributed by atoms with Gasteiger partial charge in [-0.2, -0.15) is 0 Å². The van der Waals surface area contributed by atoms with E-state index in [0.29, 0.717) is 21.6 Å². The Morgan fingerprint density at radius 1 is 0.941 bits per heavy atom. The van der Waals surface area contributed by atoms with E-state index in [4.69, 9.17) is 16.3 Å². The van der Waals surface area contributed by atoms with Crippen LogP contribution in [-0.2, 0) is 12.0 Å². The van der Waals surface area contributed by atoms with Crippen molar-refractivity contribution in [3.05, 3.63) is 101 Å². The summed E-state index contributed by atoms with van der Waals surface area (Å²) in [5, 5.41) is 9.96. The van der Waals surface area contributed by atoms with Gasteiger partial charge >= 0.3 is 0 Å². The molecule has 4 aromatic rings. The summed E-state index contributed by atoms with van der Waals surface area (Å²) in [6.07, 6.45) is 0. The maximum atomic E-state index is 12.6. The number of carbonyl (C=O) groups is 1. The molecule has 1 aromatic heterocycles. The van der Waals surface area contributed by atoms with Crippen molar-refractivity contribution >= 4 is 29.1 Å². The fourth-order valence-electron chi connectivity index (χ4n) is 3.37. The van der Waals surface area contributed by atoms with Crippen molar-refractivity contribution in [1.82, 2.24) is 14.8 Å². The molecule has 0 amide bonds. The molecule has 5 nitrogen and oxygen atoms in total. The van der Waals surface area contributed by atoms with Crippen LogP contribution in [-0.4, -0.2) is 26.3 Å². The average molecular weight is 492 g/mol. The lowest BCUT2D eigenvalue weighted by molar-refractivity contribution is 0.102. The Kier molecular flexibility index (Phi) is 7.39. The van der Waals surface area contributed by atoms with Crippen molar-refractivity contribution in [2.24, 2.45) is 0 Å². The minimum absolute atomic E-state index is 0.000941. The standard InChI is InChI=1S/C27H26ClN3O2S/c1-27(2,3)20-11-15-23(16-12-20)33-17-25-29-30-26(31(25)22-7-5-4-6-8-22)34-18-24(32)19-9-13-21(28)14-10-19/h4-16H,17-18H2,1-3H3. The van der Waals surface area contributed by atoms with Crippen LogP contribution in [0.25, 0.3) is 5.69 Å². The van der Waals surface area contributed by atoms with E-state index in [1.807, 2.05) is 47.0 Å². The van der Waals surface area contributed by atoms with Gasteiger partial charge in [0.15, 0.2) is 16.8 Å². The Morgan fingerprint density at radius 3 is 2.26 bits per heavy atom. The van der Waals surface area contributed by atoms with Crippen LogP contribution in [0.2, 0.25) is 5.02 Å². The van der Waals surface area contributed by atoms with Crippen molar-refractivity contribution in [3.63, 3.8) is 0 Å². The van der Waals surface area contributed by atoms with Crippen molar-refractivity contribution in [3.8, 4) is 11.4 Å². The number of nitrogens with zero attached hydrogens (tertiary/aromatic N) is 3. The molecule has 4 rings (SSSR count). The highest BCUT2D eigenvalue weighted by atomic mass is 35.5. The summed E-state index contributed by atoms with van der Waals surface area (Å²) in [5.41, 5.74) is 2.86. The van der Waals surface area contributed by atoms with Crippen molar-refractivity contribution in [2.45, 2.75) is 37.9 Å². The van der Waals surface area contributed by atoms with Gasteiger partial charge in [-0.15, -0.1) is 10.2 Å². The predicted molar refractivity (Wildman–Crippen MR) is 137 cm³/mol. The molecule has 0 bridgehead atoms. The molecule has 0 radical (unpaired) electrons. The Bertz CT molecular complexity index is 1250. The summed E-state index contributed by atoms with van der Waals surface area (Å²) in [6.45, 7) is 6.80. The largest absolute Gasteiger partial charge is 0.486 e. The number of ether oxygens (including phenoxy) is 1. The molecule has 34 heavy (non-hydrogen) atoms. The van der Waals surface area contributed by atoms with Gasteiger partial charge in [-0.25, -0.2) is 0 Å². The lowest BCUT2D eigenvalue weighted by atomic mass is 9.87. The van der Waals surface area contributed by atoms with Crippen molar-refractivity contribution < 1.29 is 9.53 Å². The molecular formula is C27H26ClN3O2S. The summed E-state index contributed by atoms with van der Waals surface area (Å²) < 4.78 is 7.96. The summed E-state index contributed by atoms with van der Waals surface area (Å²) in [4.78, 5) is 12.6. The highest BCUT2D eigenvalue weighted by Crippen LogP contribution is 2.26. The normalized spacial score (nSPS) is 11.4. The smallest absolute Gasteiger partial charge is 0.196 e. The molecule has 0 atom stereocenters. The van der Waals surface area contributed by atoms with Gasteiger partial charge in [-0.3, -0.25) is 9.36 Å². The van der Waals surface area contributed by atoms with Gasteiger partial charge in [0.2, 0.25) is 0 Å². The van der Waals surface area contributed by atoms with E-state index >= 15 is 0 Å². The quantitative estimate of drug-likeness (QED) is 0.201. The molecule has 0 saturated carbocycles. The van der Waals surface area contributed by atoms with Gasteiger partial charge in [0, 0.05) is 16.3 Å². The molecule has 0 saturated heterocycles. The first-order valence-electron chi connectivity index (χ1n) is 11.0. The van der Waals surface area contributed by atoms with Gasteiger partial charge in [-0.1, -0.05) is 74.5 Å². The lowest BCUT2D eigenvalue weighted by Gasteiger charge is -2.19. The third-order valence-corrected chi connectivity index (χ3v) is 6.48. The molecular weight excluding hydrogens is 466 g/mol. The molecule has 0 aliphatic carbocycles. The summed E-state index contributed by atoms with van der Waals surface area (Å²) in [5.74, 6) is 1.66. The van der Waals surface area contributed by atoms with E-state index in [0.717, 1.165) is 11.4 Å². The van der Waals surface area contributed by atoms with Crippen molar-refractivity contribution in [2.75, 3.05) is 5.75 Å². The second-order valence-corrected chi connectivity index (χ2v) is 10.2. The Labute approximate surface area is 209 Å². The third kappa shape index (κ3) is 5.88. The van der Waals surface area contributed by atoms with Crippen LogP contribution in [0.5, 0.6) is 5.75 Å². The van der Waals surface area contributed by atoms with Crippen LogP contribution in [0.15, 0.2) is 84.0 Å². The van der Waals surface area contributed by atoms with Gasteiger partial charge in [0.1, 0.15) is 12.4 Å². The Hall–Kier alpha value is -3.09. The van der Waals surface area contributed by atoms with Crippen LogP contribution < -0.4 is 4.74 Å². The van der Waals surface area contributed by atoms with Gasteiger partial charge in [0.25, 0.3) is 0 Å². The zero-order chi connectivity index (χ0) is 24.1. The molecule has 1 heterocycles. The number of Topliss-reactive ketones (excluding diaryl/α,β-unsaturated/α-hetero) is 1. The molecule has 3 aromatic carbocycles. The highest BCUT2D eigenvalue weighted by molar-refractivity contribution is 7.99. The molecule has 0 unspecified atom stereocenters. The SMILES string of the molecule is CC(C)(C)c1ccc(OCc2nnc(SCC(=O)c3ccc(Cl)cc3)n2-c2ccccc2)cc1. The van der Waals surface area contributed by atoms with Crippen LogP contribution in [0, 0.1) is 0 Å². The van der Waals surface area contributed by atoms with E-state index in [1.165, 1.54) is 17.3 Å². The molecule has 0 spiro atoms. The first kappa shape index (κ1) is 24.0. The first-order chi connectivity index (χ1) is 16.3. The molecule has 174 valence electrons. The van der Waals surface area contributed by atoms with Gasteiger partial charge < -0.3 is 4.74 Å². The number of rotatable bonds is 8. The molecule has 0 fully saturated rings. The van der Waals surface area contributed by atoms with Crippen LogP contribution in [0.4, 0.5) is 0 Å². The molecule has 0 N–H and O–H groups in total. The average Bonchev–Trinajstić information content (AvgIpc) is 3.24. The molecule has 0 aliphatic heterocycles. The van der Waals surface area contributed by atoms with E-state index in [-0.39, 0.29) is 23.6 Å². The van der Waals surface area contributed by atoms with E-state index in [1.54, 1.807) is 24.3 Å². The number of ketones is 1. The Morgan fingerprint density at radius 2 is 1.62 bits per heavy atom. The van der Waals surface area contributed by atoms with Crippen LogP contribution in [0.1, 0.15) is 42.5 Å². The maximum absolute atomic E-state index is 12.6. The maximum Gasteiger partial charge on any atom is 0.196 e. The second kappa shape index (κ2) is 10.5. The van der Waals surface area contributed by atoms with E-state index in [2.05, 4.69) is 43.1 Å². The molecule has 7 heteroatoms. The number of carbonyl (C=O) groups excluding carboxylic acids is 1. The number of aromatic nitrogens is 3. The van der Waals surface area contributed by atoms with E-state index < -0.39 is 0 Å². The fraction of sp³-hybridized carbons (Fsp3) is 0.222. The minimum atomic E-state index is 0.000941. The number of benzene rings is 3. The fourth-order valence-corrected chi connectivity index (χ4v) is 4.36. The zero-order valence-corrected chi connectivity index (χ0v) is 20.9. The zero-order valence-electron chi connectivity index (χ0n) is 19.4. The van der Waals surface area contributed by atoms with E-state index in [9.17, 15) is 4.79 Å². The number of thioether (sulfide) groups is 1. The topological polar surface area (TPSA) is 57.0 Å². The first-order valence-corrected chi connectivity index (χ1v) is 12.3. The number of para-hydroxylation sites is 1. The number of hydrogen-bond donors (Lipinski definition) is 0. The lowest BCUT2D eigenvalue weighted by Crippen LogP contribution is -2.11. The molecule has 0 aliphatic rings. The summed E-state index contributed by atoms with van der Waals surface area (Å²) in [6, 6.07) is 24.9. The summed E-state index contributed by atoms with van der Waals surface area (Å²) >= 11 is 7.28. The third-order valence-electron chi connectivity index (χ3n) is 5.30. The number of hydrogen-bond acceptors (Lipinski definition) is 5. The second-order valence-electron chi connectivity index (χ2n) is 8.85. The minimum Gasteiger partial charge on any atom is -0.486 e. The predicted octanol–water partition coefficient (Wildman–Crippen LogP) is 6.77. The van der Waals surface area contributed by atoms with Gasteiger partial charge in [-0.05, 0) is 59.5 Å². The van der Waals surface area contributed by atoms with Crippen LogP contribution in [0.3, 0.4) is 0 Å². The number of halogens is 1. The Balaban J connectivity index is 1.51. The van der Waals surface area contributed by atoms with Gasteiger partial charge in [0.05, 0.1) is 5.75 Å².